The fourth-order valence-corrected chi connectivity index (χ4v) is 3.29. The number of anilines is 2. The molecule has 2 heterocycles. The highest BCUT2D eigenvalue weighted by molar-refractivity contribution is 7.21. The Morgan fingerprint density at radius 3 is 2.33 bits per heavy atom. The molecule has 0 fully saturated rings. The maximum absolute atomic E-state index is 12.0. The third kappa shape index (κ3) is 3.58. The Morgan fingerprint density at radius 1 is 1.10 bits per heavy atom. The van der Waals surface area contributed by atoms with Crippen molar-refractivity contribution in [2.75, 3.05) is 10.6 Å². The van der Waals surface area contributed by atoms with Crippen LogP contribution in [0.4, 0.5) is 14.8 Å². The quantitative estimate of drug-likeness (QED) is 0.686. The van der Waals surface area contributed by atoms with E-state index in [0.717, 1.165) is 16.2 Å². The number of hydrogen-bond donors (Lipinski definition) is 4. The first kappa shape index (κ1) is 15.0. The highest BCUT2D eigenvalue weighted by atomic mass is 32.1. The van der Waals surface area contributed by atoms with Gasteiger partial charge in [-0.1, -0.05) is 11.3 Å². The Hall–Kier alpha value is -2.39. The molecule has 21 heavy (non-hydrogen) atoms. The van der Waals surface area contributed by atoms with Crippen LogP contribution >= 0.6 is 22.7 Å². The van der Waals surface area contributed by atoms with Gasteiger partial charge in [-0.3, -0.25) is 14.9 Å². The fraction of sp³-hybridized carbons (Fsp3) is 0.0833. The van der Waals surface area contributed by atoms with Crippen molar-refractivity contribution >= 4 is 50.5 Å². The number of urea groups is 1. The van der Waals surface area contributed by atoms with Crippen LogP contribution in [-0.2, 0) is 0 Å². The molecule has 7 nitrogen and oxygen atoms in total. The summed E-state index contributed by atoms with van der Waals surface area (Å²) >= 11 is 2.36. The van der Waals surface area contributed by atoms with Gasteiger partial charge in [-0.05, 0) is 25.1 Å². The van der Waals surface area contributed by atoms with E-state index < -0.39 is 11.9 Å². The Morgan fingerprint density at radius 2 is 1.81 bits per heavy atom. The highest BCUT2D eigenvalue weighted by Crippen LogP contribution is 2.32. The monoisotopic (exact) mass is 324 g/mol. The third-order valence-electron chi connectivity index (χ3n) is 2.44. The summed E-state index contributed by atoms with van der Waals surface area (Å²) in [5.41, 5.74) is 10.3. The SMILES string of the molecule is Cc1ccc(C(=O)Nc2cc(C(N)=O)c(NC(N)=O)s2)s1. The average molecular weight is 324 g/mol. The van der Waals surface area contributed by atoms with Crippen molar-refractivity contribution in [3.63, 3.8) is 0 Å². The molecule has 0 aliphatic rings. The molecule has 2 aromatic rings. The first-order valence-corrected chi connectivity index (χ1v) is 7.38. The van der Waals surface area contributed by atoms with Gasteiger partial charge in [0.05, 0.1) is 15.4 Å². The van der Waals surface area contributed by atoms with Gasteiger partial charge in [-0.25, -0.2) is 4.79 Å². The lowest BCUT2D eigenvalue weighted by Gasteiger charge is -1.99. The highest BCUT2D eigenvalue weighted by Gasteiger charge is 2.17. The van der Waals surface area contributed by atoms with Crippen LogP contribution in [0.15, 0.2) is 18.2 Å². The summed E-state index contributed by atoms with van der Waals surface area (Å²) in [6.07, 6.45) is 0. The van der Waals surface area contributed by atoms with Crippen LogP contribution in [0, 0.1) is 6.92 Å². The number of carbonyl (C=O) groups excluding carboxylic acids is 3. The van der Waals surface area contributed by atoms with E-state index >= 15 is 0 Å². The van der Waals surface area contributed by atoms with E-state index in [2.05, 4.69) is 10.6 Å². The van der Waals surface area contributed by atoms with Crippen LogP contribution in [0.5, 0.6) is 0 Å². The van der Waals surface area contributed by atoms with E-state index in [1.807, 2.05) is 13.0 Å². The van der Waals surface area contributed by atoms with Crippen LogP contribution in [-0.4, -0.2) is 17.8 Å². The van der Waals surface area contributed by atoms with Gasteiger partial charge in [0.25, 0.3) is 11.8 Å². The van der Waals surface area contributed by atoms with Crippen molar-refractivity contribution in [1.29, 1.82) is 0 Å². The molecule has 4 amide bonds. The van der Waals surface area contributed by atoms with Gasteiger partial charge < -0.3 is 16.8 Å². The Balaban J connectivity index is 2.22. The summed E-state index contributed by atoms with van der Waals surface area (Å²) in [7, 11) is 0. The lowest BCUT2D eigenvalue weighted by Crippen LogP contribution is -2.21. The van der Waals surface area contributed by atoms with Crippen LogP contribution in [0.2, 0.25) is 0 Å². The number of carbonyl (C=O) groups is 3. The molecule has 2 aromatic heterocycles. The molecule has 0 spiro atoms. The van der Waals surface area contributed by atoms with E-state index in [9.17, 15) is 14.4 Å². The molecule has 0 unspecified atom stereocenters. The Labute approximate surface area is 127 Å². The molecule has 0 aliphatic carbocycles. The second-order valence-corrected chi connectivity index (χ2v) is 6.41. The lowest BCUT2D eigenvalue weighted by molar-refractivity contribution is 0.0998. The molecular weight excluding hydrogens is 312 g/mol. The number of primary amides is 2. The number of aryl methyl sites for hydroxylation is 1. The predicted molar refractivity (Wildman–Crippen MR) is 83.1 cm³/mol. The molecule has 9 heteroatoms. The number of rotatable bonds is 4. The fourth-order valence-electron chi connectivity index (χ4n) is 1.57. The van der Waals surface area contributed by atoms with Gasteiger partial charge in [-0.15, -0.1) is 11.3 Å². The number of hydrogen-bond acceptors (Lipinski definition) is 5. The normalized spacial score (nSPS) is 10.1. The minimum absolute atomic E-state index is 0.0939. The Kier molecular flexibility index (Phi) is 4.24. The minimum Gasteiger partial charge on any atom is -0.366 e. The van der Waals surface area contributed by atoms with Crippen LogP contribution in [0.1, 0.15) is 24.9 Å². The van der Waals surface area contributed by atoms with E-state index in [0.29, 0.717) is 9.88 Å². The summed E-state index contributed by atoms with van der Waals surface area (Å²) in [5.74, 6) is -1.02. The van der Waals surface area contributed by atoms with Gasteiger partial charge >= 0.3 is 6.03 Å². The Bertz CT molecular complexity index is 720. The molecule has 0 aromatic carbocycles. The van der Waals surface area contributed by atoms with Crippen molar-refractivity contribution in [3.8, 4) is 0 Å². The summed E-state index contributed by atoms with van der Waals surface area (Å²) in [4.78, 5) is 35.8. The van der Waals surface area contributed by atoms with Gasteiger partial charge in [-0.2, -0.15) is 0 Å². The number of nitrogens with one attached hydrogen (secondary N) is 2. The van der Waals surface area contributed by atoms with Crippen LogP contribution in [0.25, 0.3) is 0 Å². The number of thiophene rings is 2. The third-order valence-corrected chi connectivity index (χ3v) is 4.40. The molecular formula is C12H12N4O3S2. The molecule has 0 saturated heterocycles. The maximum Gasteiger partial charge on any atom is 0.317 e. The van der Waals surface area contributed by atoms with Crippen molar-refractivity contribution in [3.05, 3.63) is 33.5 Å². The second-order valence-electron chi connectivity index (χ2n) is 4.07. The largest absolute Gasteiger partial charge is 0.366 e. The lowest BCUT2D eigenvalue weighted by atomic mass is 10.3. The summed E-state index contributed by atoms with van der Waals surface area (Å²) < 4.78 is 0. The topological polar surface area (TPSA) is 127 Å². The van der Waals surface area contributed by atoms with Crippen molar-refractivity contribution in [2.24, 2.45) is 11.5 Å². The number of nitrogens with two attached hydrogens (primary N) is 2. The smallest absolute Gasteiger partial charge is 0.317 e. The van der Waals surface area contributed by atoms with E-state index in [4.69, 9.17) is 11.5 Å². The van der Waals surface area contributed by atoms with E-state index in [1.54, 1.807) is 6.07 Å². The summed E-state index contributed by atoms with van der Waals surface area (Å²) in [6.45, 7) is 1.90. The summed E-state index contributed by atoms with van der Waals surface area (Å²) in [6, 6.07) is 4.13. The molecule has 0 bridgehead atoms. The first-order valence-electron chi connectivity index (χ1n) is 5.74. The zero-order valence-electron chi connectivity index (χ0n) is 10.9. The standard InChI is InChI=1S/C12H12N4O3S2/c1-5-2-3-7(20-5)10(18)15-8-4-6(9(13)17)11(21-8)16-12(14)19/h2-4H,1H3,(H2,13,17)(H,15,18)(H3,14,16,19). The molecule has 110 valence electrons. The molecule has 0 aliphatic heterocycles. The minimum atomic E-state index is -0.814. The van der Waals surface area contributed by atoms with Crippen LogP contribution < -0.4 is 22.1 Å². The molecule has 2 rings (SSSR count). The number of amides is 4. The van der Waals surface area contributed by atoms with Crippen molar-refractivity contribution in [2.45, 2.75) is 6.92 Å². The van der Waals surface area contributed by atoms with E-state index in [1.165, 1.54) is 17.4 Å². The van der Waals surface area contributed by atoms with Crippen molar-refractivity contribution < 1.29 is 14.4 Å². The van der Waals surface area contributed by atoms with Crippen LogP contribution in [0.3, 0.4) is 0 Å². The summed E-state index contributed by atoms with van der Waals surface area (Å²) in [5, 5.41) is 5.54. The molecule has 0 atom stereocenters. The average Bonchev–Trinajstić information content (AvgIpc) is 2.95. The van der Waals surface area contributed by atoms with Crippen molar-refractivity contribution in [1.82, 2.24) is 0 Å². The maximum atomic E-state index is 12.0. The zero-order chi connectivity index (χ0) is 15.6. The molecule has 0 radical (unpaired) electrons. The predicted octanol–water partition coefficient (Wildman–Crippen LogP) is 1.96. The van der Waals surface area contributed by atoms with Gasteiger partial charge in [0.2, 0.25) is 0 Å². The molecule has 0 saturated carbocycles. The van der Waals surface area contributed by atoms with Gasteiger partial charge in [0.15, 0.2) is 0 Å². The van der Waals surface area contributed by atoms with Gasteiger partial charge in [0, 0.05) is 4.88 Å². The second kappa shape index (κ2) is 5.94. The molecule has 6 N–H and O–H groups in total. The van der Waals surface area contributed by atoms with Gasteiger partial charge in [0.1, 0.15) is 5.00 Å². The van der Waals surface area contributed by atoms with E-state index in [-0.39, 0.29) is 16.5 Å². The first-order chi connectivity index (χ1) is 9.86. The zero-order valence-corrected chi connectivity index (χ0v) is 12.6.